The van der Waals surface area contributed by atoms with E-state index in [1.54, 1.807) is 18.2 Å². The van der Waals surface area contributed by atoms with Crippen LogP contribution in [0.1, 0.15) is 11.7 Å². The highest BCUT2D eigenvalue weighted by molar-refractivity contribution is 7.99. The molecule has 0 bridgehead atoms. The minimum absolute atomic E-state index is 0.318. The Morgan fingerprint density at radius 1 is 1.31 bits per heavy atom. The fourth-order valence-electron chi connectivity index (χ4n) is 1.87. The number of hydrogen-bond acceptors (Lipinski definition) is 3. The van der Waals surface area contributed by atoms with Gasteiger partial charge in [0.05, 0.1) is 6.10 Å². The lowest BCUT2D eigenvalue weighted by atomic mass is 10.1. The number of benzene rings is 1. The van der Waals surface area contributed by atoms with Gasteiger partial charge in [0.1, 0.15) is 5.82 Å². The minimum Gasteiger partial charge on any atom is -0.387 e. The minimum atomic E-state index is -0.718. The summed E-state index contributed by atoms with van der Waals surface area (Å²) in [7, 11) is 0. The Hall–Kier alpha value is -0.580. The standard InChI is InChI=1S/C12H16FNOS/c13-11-4-2-1-3-10(11)12(15)9-14-5-7-16-8-6-14/h1-4,12,15H,5-9H2/t12-/m1/s1. The van der Waals surface area contributed by atoms with Crippen LogP contribution < -0.4 is 0 Å². The van der Waals surface area contributed by atoms with Gasteiger partial charge in [0.2, 0.25) is 0 Å². The molecule has 1 aromatic rings. The van der Waals surface area contributed by atoms with Crippen LogP contribution in [-0.2, 0) is 0 Å². The lowest BCUT2D eigenvalue weighted by Gasteiger charge is -2.28. The fourth-order valence-corrected chi connectivity index (χ4v) is 2.85. The highest BCUT2D eigenvalue weighted by Crippen LogP contribution is 2.19. The second-order valence-corrected chi connectivity index (χ2v) is 5.18. The van der Waals surface area contributed by atoms with Crippen LogP contribution in [0.15, 0.2) is 24.3 Å². The zero-order valence-corrected chi connectivity index (χ0v) is 9.92. The van der Waals surface area contributed by atoms with Crippen molar-refractivity contribution in [2.75, 3.05) is 31.1 Å². The van der Waals surface area contributed by atoms with E-state index in [1.165, 1.54) is 6.07 Å². The number of thioether (sulfide) groups is 1. The summed E-state index contributed by atoms with van der Waals surface area (Å²) in [4.78, 5) is 2.19. The second-order valence-electron chi connectivity index (χ2n) is 3.95. The maximum absolute atomic E-state index is 13.4. The van der Waals surface area contributed by atoms with E-state index >= 15 is 0 Å². The molecule has 4 heteroatoms. The summed E-state index contributed by atoms with van der Waals surface area (Å²) in [6.07, 6.45) is -0.718. The lowest BCUT2D eigenvalue weighted by molar-refractivity contribution is 0.115. The molecule has 0 unspecified atom stereocenters. The van der Waals surface area contributed by atoms with Crippen LogP contribution in [0.5, 0.6) is 0 Å². The van der Waals surface area contributed by atoms with E-state index in [1.807, 2.05) is 11.8 Å². The van der Waals surface area contributed by atoms with Crippen molar-refractivity contribution in [1.29, 1.82) is 0 Å². The van der Waals surface area contributed by atoms with Crippen LogP contribution >= 0.6 is 11.8 Å². The number of halogens is 1. The topological polar surface area (TPSA) is 23.5 Å². The summed E-state index contributed by atoms with van der Waals surface area (Å²) >= 11 is 1.93. The van der Waals surface area contributed by atoms with E-state index in [2.05, 4.69) is 4.90 Å². The molecule has 1 atom stereocenters. The van der Waals surface area contributed by atoms with Gasteiger partial charge in [-0.1, -0.05) is 18.2 Å². The third kappa shape index (κ3) is 2.97. The van der Waals surface area contributed by atoms with Crippen molar-refractivity contribution in [2.24, 2.45) is 0 Å². The summed E-state index contributed by atoms with van der Waals surface area (Å²) < 4.78 is 13.4. The predicted molar refractivity (Wildman–Crippen MR) is 65.1 cm³/mol. The van der Waals surface area contributed by atoms with E-state index in [0.717, 1.165) is 24.6 Å². The van der Waals surface area contributed by atoms with Crippen LogP contribution in [0.25, 0.3) is 0 Å². The first-order chi connectivity index (χ1) is 7.77. The van der Waals surface area contributed by atoms with Crippen LogP contribution in [0.2, 0.25) is 0 Å². The third-order valence-corrected chi connectivity index (χ3v) is 3.74. The Bertz CT molecular complexity index is 342. The Balaban J connectivity index is 1.96. The number of rotatable bonds is 3. The zero-order chi connectivity index (χ0) is 11.4. The van der Waals surface area contributed by atoms with Gasteiger partial charge in [0.15, 0.2) is 0 Å². The monoisotopic (exact) mass is 241 g/mol. The Kier molecular flexibility index (Phi) is 4.21. The van der Waals surface area contributed by atoms with Gasteiger partial charge in [0.25, 0.3) is 0 Å². The predicted octanol–water partition coefficient (Wildman–Crippen LogP) is 1.91. The molecule has 0 spiro atoms. The number of nitrogens with zero attached hydrogens (tertiary/aromatic N) is 1. The van der Waals surface area contributed by atoms with E-state index < -0.39 is 6.10 Å². The molecule has 16 heavy (non-hydrogen) atoms. The molecule has 0 radical (unpaired) electrons. The van der Waals surface area contributed by atoms with Crippen molar-refractivity contribution < 1.29 is 9.50 Å². The maximum Gasteiger partial charge on any atom is 0.129 e. The van der Waals surface area contributed by atoms with Crippen molar-refractivity contribution in [3.8, 4) is 0 Å². The van der Waals surface area contributed by atoms with Gasteiger partial charge in [-0.25, -0.2) is 4.39 Å². The van der Waals surface area contributed by atoms with Gasteiger partial charge < -0.3 is 5.11 Å². The van der Waals surface area contributed by atoms with E-state index in [-0.39, 0.29) is 5.82 Å². The van der Waals surface area contributed by atoms with Crippen molar-refractivity contribution in [3.63, 3.8) is 0 Å². The summed E-state index contributed by atoms with van der Waals surface area (Å²) in [5.74, 6) is 1.88. The van der Waals surface area contributed by atoms with E-state index in [9.17, 15) is 9.50 Å². The van der Waals surface area contributed by atoms with Gasteiger partial charge in [-0.15, -0.1) is 0 Å². The van der Waals surface area contributed by atoms with Crippen molar-refractivity contribution in [3.05, 3.63) is 35.6 Å². The van der Waals surface area contributed by atoms with Gasteiger partial charge in [0, 0.05) is 36.7 Å². The molecule has 88 valence electrons. The number of aliphatic hydroxyl groups is 1. The Labute approximate surface area is 99.5 Å². The number of aliphatic hydroxyl groups excluding tert-OH is 1. The molecule has 2 nitrogen and oxygen atoms in total. The molecule has 0 aliphatic carbocycles. The van der Waals surface area contributed by atoms with Gasteiger partial charge in [-0.05, 0) is 6.07 Å². The molecule has 0 saturated carbocycles. The fraction of sp³-hybridized carbons (Fsp3) is 0.500. The number of hydrogen-bond donors (Lipinski definition) is 1. The quantitative estimate of drug-likeness (QED) is 0.874. The molecule has 1 aliphatic rings. The van der Waals surface area contributed by atoms with Gasteiger partial charge in [-0.2, -0.15) is 11.8 Å². The Morgan fingerprint density at radius 2 is 2.00 bits per heavy atom. The molecule has 1 N–H and O–H groups in total. The molecule has 1 fully saturated rings. The van der Waals surface area contributed by atoms with E-state index in [4.69, 9.17) is 0 Å². The summed E-state index contributed by atoms with van der Waals surface area (Å²) in [6, 6.07) is 6.44. The summed E-state index contributed by atoms with van der Waals surface area (Å²) in [5.41, 5.74) is 0.403. The zero-order valence-electron chi connectivity index (χ0n) is 9.10. The second kappa shape index (κ2) is 5.66. The van der Waals surface area contributed by atoms with Crippen molar-refractivity contribution in [2.45, 2.75) is 6.10 Å². The molecule has 1 saturated heterocycles. The SMILES string of the molecule is O[C@H](CN1CCSCC1)c1ccccc1F. The highest BCUT2D eigenvalue weighted by Gasteiger charge is 2.18. The maximum atomic E-state index is 13.4. The molecule has 0 amide bonds. The first-order valence-corrected chi connectivity index (χ1v) is 6.65. The average Bonchev–Trinajstić information content (AvgIpc) is 2.31. The van der Waals surface area contributed by atoms with Crippen molar-refractivity contribution >= 4 is 11.8 Å². The third-order valence-electron chi connectivity index (χ3n) is 2.80. The first kappa shape index (κ1) is 11.9. The van der Waals surface area contributed by atoms with Crippen LogP contribution in [0.3, 0.4) is 0 Å². The van der Waals surface area contributed by atoms with Crippen molar-refractivity contribution in [1.82, 2.24) is 4.90 Å². The molecular formula is C12H16FNOS. The lowest BCUT2D eigenvalue weighted by Crippen LogP contribution is -2.36. The van der Waals surface area contributed by atoms with Crippen LogP contribution in [-0.4, -0.2) is 41.1 Å². The molecule has 1 aromatic carbocycles. The smallest absolute Gasteiger partial charge is 0.129 e. The first-order valence-electron chi connectivity index (χ1n) is 5.50. The highest BCUT2D eigenvalue weighted by atomic mass is 32.2. The largest absolute Gasteiger partial charge is 0.387 e. The molecule has 0 aromatic heterocycles. The van der Waals surface area contributed by atoms with Crippen LogP contribution in [0.4, 0.5) is 4.39 Å². The normalized spacial score (nSPS) is 19.6. The molecule has 2 rings (SSSR count). The average molecular weight is 241 g/mol. The molecular weight excluding hydrogens is 225 g/mol. The van der Waals surface area contributed by atoms with Gasteiger partial charge >= 0.3 is 0 Å². The summed E-state index contributed by atoms with van der Waals surface area (Å²) in [6.45, 7) is 2.49. The van der Waals surface area contributed by atoms with Gasteiger partial charge in [-0.3, -0.25) is 4.90 Å². The molecule has 1 aliphatic heterocycles. The van der Waals surface area contributed by atoms with Crippen LogP contribution in [0, 0.1) is 5.82 Å². The summed E-state index contributed by atoms with van der Waals surface area (Å²) in [5, 5.41) is 9.97. The Morgan fingerprint density at radius 3 is 2.69 bits per heavy atom. The van der Waals surface area contributed by atoms with E-state index in [0.29, 0.717) is 12.1 Å². The molecule has 1 heterocycles. The number of β-amino-alcohol motifs (C(OH)–C–C–N with tert-alkyl or cyclic N) is 1.